The molecule has 2 fully saturated rings. The maximum atomic E-state index is 13.3. The summed E-state index contributed by atoms with van der Waals surface area (Å²) in [4.78, 5) is 12.7. The Morgan fingerprint density at radius 1 is 1.50 bits per heavy atom. The number of fused-ring (bicyclic) bond motifs is 1. The van der Waals surface area contributed by atoms with Crippen LogP contribution in [0, 0.1) is 11.8 Å². The molecule has 2 aliphatic rings. The Hall–Kier alpha value is -0.710. The van der Waals surface area contributed by atoms with Crippen molar-refractivity contribution < 1.29 is 13.6 Å². The summed E-state index contributed by atoms with van der Waals surface area (Å²) in [7, 11) is 0. The van der Waals surface area contributed by atoms with E-state index in [0.717, 1.165) is 0 Å². The number of carbonyl (C=O) groups excluding carboxylic acids is 1. The number of nitrogens with zero attached hydrogens (tertiary/aromatic N) is 1. The molecule has 2 N–H and O–H groups in total. The molecule has 1 heterocycles. The van der Waals surface area contributed by atoms with E-state index >= 15 is 0 Å². The van der Waals surface area contributed by atoms with Crippen molar-refractivity contribution in [2.45, 2.75) is 18.8 Å². The van der Waals surface area contributed by atoms with E-state index in [9.17, 15) is 13.6 Å². The molecule has 2 atom stereocenters. The average molecular weight is 204 g/mol. The highest BCUT2D eigenvalue weighted by Gasteiger charge is 2.54. The van der Waals surface area contributed by atoms with Crippen molar-refractivity contribution in [1.29, 1.82) is 0 Å². The fourth-order valence-corrected chi connectivity index (χ4v) is 2.54. The van der Waals surface area contributed by atoms with E-state index in [4.69, 9.17) is 5.73 Å². The van der Waals surface area contributed by atoms with Crippen LogP contribution in [0.4, 0.5) is 8.78 Å². The molecule has 0 aromatic rings. The van der Waals surface area contributed by atoms with Gasteiger partial charge in [0, 0.05) is 25.4 Å². The Bertz CT molecular complexity index is 257. The third-order valence-electron chi connectivity index (χ3n) is 3.36. The number of hydrogen-bond acceptors (Lipinski definition) is 2. The standard InChI is InChI=1S/C9H14F2N2O/c10-9(11)2-1-6-4-13(5-7(6)9)8(14)3-12/h6-7H,1-5,12H2. The Kier molecular flexibility index (Phi) is 2.21. The van der Waals surface area contributed by atoms with Crippen LogP contribution in [0.5, 0.6) is 0 Å². The summed E-state index contributed by atoms with van der Waals surface area (Å²) < 4.78 is 26.5. The third kappa shape index (κ3) is 1.39. The van der Waals surface area contributed by atoms with E-state index in [-0.39, 0.29) is 31.3 Å². The van der Waals surface area contributed by atoms with Gasteiger partial charge in [0.1, 0.15) is 0 Å². The number of likely N-dealkylation sites (tertiary alicyclic amines) is 1. The summed E-state index contributed by atoms with van der Waals surface area (Å²) in [5.41, 5.74) is 5.19. The lowest BCUT2D eigenvalue weighted by atomic mass is 9.99. The van der Waals surface area contributed by atoms with Gasteiger partial charge >= 0.3 is 0 Å². The second kappa shape index (κ2) is 3.15. The van der Waals surface area contributed by atoms with Crippen LogP contribution in [0.15, 0.2) is 0 Å². The van der Waals surface area contributed by atoms with Gasteiger partial charge in [-0.3, -0.25) is 4.79 Å². The van der Waals surface area contributed by atoms with Crippen LogP contribution in [-0.4, -0.2) is 36.4 Å². The maximum absolute atomic E-state index is 13.3. The minimum Gasteiger partial charge on any atom is -0.341 e. The summed E-state index contributed by atoms with van der Waals surface area (Å²) in [5.74, 6) is -3.43. The van der Waals surface area contributed by atoms with Gasteiger partial charge < -0.3 is 10.6 Å². The predicted molar refractivity (Wildman–Crippen MR) is 46.8 cm³/mol. The zero-order chi connectivity index (χ0) is 10.3. The Labute approximate surface area is 81.2 Å². The Morgan fingerprint density at radius 3 is 2.79 bits per heavy atom. The Balaban J connectivity index is 2.05. The van der Waals surface area contributed by atoms with Crippen LogP contribution in [0.2, 0.25) is 0 Å². The fraction of sp³-hybridized carbons (Fsp3) is 0.889. The van der Waals surface area contributed by atoms with Gasteiger partial charge in [0.05, 0.1) is 6.54 Å². The molecule has 1 aliphatic carbocycles. The van der Waals surface area contributed by atoms with Crippen LogP contribution in [0.25, 0.3) is 0 Å². The predicted octanol–water partition coefficient (Wildman–Crippen LogP) is 0.449. The zero-order valence-corrected chi connectivity index (χ0v) is 7.88. The summed E-state index contributed by atoms with van der Waals surface area (Å²) in [6, 6.07) is 0. The van der Waals surface area contributed by atoms with Gasteiger partial charge in [-0.15, -0.1) is 0 Å². The molecule has 0 spiro atoms. The summed E-state index contributed by atoms with van der Waals surface area (Å²) in [6.45, 7) is 0.578. The topological polar surface area (TPSA) is 46.3 Å². The van der Waals surface area contributed by atoms with Gasteiger partial charge in [0.25, 0.3) is 5.92 Å². The molecule has 3 nitrogen and oxygen atoms in total. The summed E-state index contributed by atoms with van der Waals surface area (Å²) in [6.07, 6.45) is 0.513. The molecule has 1 saturated carbocycles. The van der Waals surface area contributed by atoms with E-state index in [0.29, 0.717) is 13.0 Å². The van der Waals surface area contributed by atoms with Gasteiger partial charge in [0.2, 0.25) is 5.91 Å². The molecule has 1 aliphatic heterocycles. The number of hydrogen-bond donors (Lipinski definition) is 1. The highest BCUT2D eigenvalue weighted by atomic mass is 19.3. The second-order valence-electron chi connectivity index (χ2n) is 4.17. The van der Waals surface area contributed by atoms with Crippen molar-refractivity contribution in [1.82, 2.24) is 4.90 Å². The lowest BCUT2D eigenvalue weighted by Crippen LogP contribution is -2.36. The summed E-state index contributed by atoms with van der Waals surface area (Å²) in [5, 5.41) is 0. The number of nitrogens with two attached hydrogens (primary N) is 1. The van der Waals surface area contributed by atoms with Crippen molar-refractivity contribution in [3.8, 4) is 0 Å². The van der Waals surface area contributed by atoms with Crippen LogP contribution >= 0.6 is 0 Å². The molecular weight excluding hydrogens is 190 g/mol. The molecule has 2 rings (SSSR count). The first-order valence-electron chi connectivity index (χ1n) is 4.90. The Morgan fingerprint density at radius 2 is 2.21 bits per heavy atom. The molecule has 1 saturated heterocycles. The normalized spacial score (nSPS) is 34.6. The molecule has 80 valence electrons. The molecular formula is C9H14F2N2O. The number of carbonyl (C=O) groups is 1. The van der Waals surface area contributed by atoms with Gasteiger partial charge in [-0.25, -0.2) is 8.78 Å². The van der Waals surface area contributed by atoms with Crippen molar-refractivity contribution >= 4 is 5.91 Å². The quantitative estimate of drug-likeness (QED) is 0.674. The first kappa shape index (κ1) is 9.83. The van der Waals surface area contributed by atoms with Gasteiger partial charge in [-0.05, 0) is 12.3 Å². The first-order valence-corrected chi connectivity index (χ1v) is 4.90. The van der Waals surface area contributed by atoms with Gasteiger partial charge in [-0.2, -0.15) is 0 Å². The molecule has 1 amide bonds. The van der Waals surface area contributed by atoms with Crippen molar-refractivity contribution in [2.75, 3.05) is 19.6 Å². The van der Waals surface area contributed by atoms with E-state index in [2.05, 4.69) is 0 Å². The molecule has 0 aromatic carbocycles. The van der Waals surface area contributed by atoms with E-state index in [1.54, 1.807) is 0 Å². The fourth-order valence-electron chi connectivity index (χ4n) is 2.54. The number of rotatable bonds is 1. The smallest absolute Gasteiger partial charge is 0.252 e. The average Bonchev–Trinajstić information content (AvgIpc) is 2.67. The van der Waals surface area contributed by atoms with Crippen LogP contribution in [0.1, 0.15) is 12.8 Å². The summed E-state index contributed by atoms with van der Waals surface area (Å²) >= 11 is 0. The molecule has 2 unspecified atom stereocenters. The minimum absolute atomic E-state index is 0.0134. The van der Waals surface area contributed by atoms with E-state index < -0.39 is 11.8 Å². The molecule has 0 radical (unpaired) electrons. The maximum Gasteiger partial charge on any atom is 0.252 e. The monoisotopic (exact) mass is 204 g/mol. The second-order valence-corrected chi connectivity index (χ2v) is 4.17. The van der Waals surface area contributed by atoms with Gasteiger partial charge in [-0.1, -0.05) is 0 Å². The van der Waals surface area contributed by atoms with Gasteiger partial charge in [0.15, 0.2) is 0 Å². The lowest BCUT2D eigenvalue weighted by Gasteiger charge is -2.19. The van der Waals surface area contributed by atoms with Crippen LogP contribution in [-0.2, 0) is 4.79 Å². The number of amides is 1. The lowest BCUT2D eigenvalue weighted by molar-refractivity contribution is -0.129. The molecule has 0 aromatic heterocycles. The van der Waals surface area contributed by atoms with Crippen molar-refractivity contribution in [3.63, 3.8) is 0 Å². The van der Waals surface area contributed by atoms with Crippen molar-refractivity contribution in [3.05, 3.63) is 0 Å². The van der Waals surface area contributed by atoms with Crippen molar-refractivity contribution in [2.24, 2.45) is 17.6 Å². The SMILES string of the molecule is NCC(=O)N1CC2CCC(F)(F)C2C1. The number of alkyl halides is 2. The zero-order valence-electron chi connectivity index (χ0n) is 7.88. The number of halogens is 2. The largest absolute Gasteiger partial charge is 0.341 e. The molecule has 0 bridgehead atoms. The van der Waals surface area contributed by atoms with E-state index in [1.807, 2.05) is 0 Å². The van der Waals surface area contributed by atoms with Crippen LogP contribution in [0.3, 0.4) is 0 Å². The van der Waals surface area contributed by atoms with Crippen LogP contribution < -0.4 is 5.73 Å². The minimum atomic E-state index is -2.58. The highest BCUT2D eigenvalue weighted by molar-refractivity contribution is 5.78. The molecule has 14 heavy (non-hydrogen) atoms. The third-order valence-corrected chi connectivity index (χ3v) is 3.36. The molecule has 5 heteroatoms. The van der Waals surface area contributed by atoms with E-state index in [1.165, 1.54) is 4.90 Å². The first-order chi connectivity index (χ1) is 6.54. The highest BCUT2D eigenvalue weighted by Crippen LogP contribution is 2.48.